The van der Waals surface area contributed by atoms with Gasteiger partial charge < -0.3 is 70.0 Å². The quantitative estimate of drug-likeness (QED) is 0.0848. The zero-order valence-electron chi connectivity index (χ0n) is 25.1. The molecule has 6 atom stereocenters. The number of aliphatic hydroxyl groups is 1. The topological polar surface area (TPSA) is 392 Å². The maximum atomic E-state index is 10.3. The van der Waals surface area contributed by atoms with Gasteiger partial charge in [0, 0.05) is 18.3 Å². The van der Waals surface area contributed by atoms with Gasteiger partial charge in [0.05, 0.1) is 12.4 Å². The molecular weight excluding hydrogens is 608 g/mol. The molecule has 0 saturated carbocycles. The second-order valence-electron chi connectivity index (χ2n) is 8.91. The predicted octanol–water partition coefficient (Wildman–Crippen LogP) is -2.76. The number of hydrogen-bond donors (Lipinski definition) is 13. The van der Waals surface area contributed by atoms with Gasteiger partial charge in [-0.25, -0.2) is 4.98 Å². The molecule has 0 spiro atoms. The molecule has 19 N–H and O–H groups in total. The average molecular weight is 659 g/mol. The van der Waals surface area contributed by atoms with Gasteiger partial charge in [-0.15, -0.1) is 0 Å². The van der Waals surface area contributed by atoms with Crippen molar-refractivity contribution in [1.82, 2.24) is 9.97 Å². The maximum absolute atomic E-state index is 10.3. The number of rotatable bonds is 15. The van der Waals surface area contributed by atoms with Crippen molar-refractivity contribution in [2.45, 2.75) is 82.3 Å². The number of aliphatic hydroxyl groups excluding tert-OH is 1. The Morgan fingerprint density at radius 2 is 1.25 bits per heavy atom. The first-order valence-corrected chi connectivity index (χ1v) is 14.4. The molecule has 0 aliphatic rings. The molecule has 0 aromatic carbocycles. The number of H-pyrrole nitrogens is 1. The maximum Gasteiger partial charge on any atom is 0.323 e. The Labute approximate surface area is 259 Å². The SMILES string of the molecule is CSCC[C@H](N)C(=O)O.C[C@@H](O)[C@H](N)C(=O)O.C[C@H](N)C(=O)O.NCCCC[C@H](N)C(=O)O.N[C@@H](Cc1cnc[nH]1)C(=O)O. The zero-order chi connectivity index (χ0) is 35.4. The normalized spacial score (nSPS) is 13.9. The van der Waals surface area contributed by atoms with E-state index < -0.39 is 66.2 Å². The molecular formula is C24H50N8O11S. The summed E-state index contributed by atoms with van der Waals surface area (Å²) < 4.78 is 0. The molecule has 0 aliphatic carbocycles. The van der Waals surface area contributed by atoms with Crippen molar-refractivity contribution in [3.63, 3.8) is 0 Å². The Kier molecular flexibility index (Phi) is 32.1. The van der Waals surface area contributed by atoms with Crippen LogP contribution in [0.3, 0.4) is 0 Å². The number of aromatic nitrogens is 2. The zero-order valence-corrected chi connectivity index (χ0v) is 25.9. The van der Waals surface area contributed by atoms with Crippen LogP contribution < -0.4 is 34.4 Å². The lowest BCUT2D eigenvalue weighted by molar-refractivity contribution is -0.141. The van der Waals surface area contributed by atoms with Gasteiger partial charge in [0.15, 0.2) is 0 Å². The van der Waals surface area contributed by atoms with Gasteiger partial charge in [-0.05, 0) is 51.7 Å². The molecule has 0 amide bonds. The van der Waals surface area contributed by atoms with Crippen molar-refractivity contribution in [2.24, 2.45) is 34.4 Å². The first-order chi connectivity index (χ1) is 20.3. The van der Waals surface area contributed by atoms with Crippen LogP contribution in [-0.4, -0.2) is 125 Å². The number of carboxylic acid groups (broad SMARTS) is 5. The molecule has 0 aliphatic heterocycles. The number of aromatic amines is 1. The van der Waals surface area contributed by atoms with Crippen LogP contribution >= 0.6 is 11.8 Å². The van der Waals surface area contributed by atoms with E-state index in [1.54, 1.807) is 18.0 Å². The van der Waals surface area contributed by atoms with Crippen molar-refractivity contribution in [3.05, 3.63) is 18.2 Å². The Morgan fingerprint density at radius 3 is 1.52 bits per heavy atom. The minimum absolute atomic E-state index is 0.287. The summed E-state index contributed by atoms with van der Waals surface area (Å²) in [5, 5.41) is 49.4. The Morgan fingerprint density at radius 1 is 0.795 bits per heavy atom. The van der Waals surface area contributed by atoms with E-state index in [9.17, 15) is 24.0 Å². The van der Waals surface area contributed by atoms with E-state index in [2.05, 4.69) is 9.97 Å². The second-order valence-corrected chi connectivity index (χ2v) is 9.90. The summed E-state index contributed by atoms with van der Waals surface area (Å²) in [7, 11) is 0. The fourth-order valence-electron chi connectivity index (χ4n) is 1.93. The monoisotopic (exact) mass is 658 g/mol. The molecule has 44 heavy (non-hydrogen) atoms. The fraction of sp³-hybridized carbons (Fsp3) is 0.667. The van der Waals surface area contributed by atoms with E-state index in [-0.39, 0.29) is 6.42 Å². The van der Waals surface area contributed by atoms with Crippen molar-refractivity contribution in [1.29, 1.82) is 0 Å². The fourth-order valence-corrected chi connectivity index (χ4v) is 2.42. The third-order valence-corrected chi connectivity index (χ3v) is 5.39. The number of unbranched alkanes of at least 4 members (excludes halogenated alkanes) is 1. The lowest BCUT2D eigenvalue weighted by Gasteiger charge is -2.06. The van der Waals surface area contributed by atoms with Crippen LogP contribution in [0.5, 0.6) is 0 Å². The molecule has 0 unspecified atom stereocenters. The summed E-state index contributed by atoms with van der Waals surface area (Å²) in [5.41, 5.74) is 31.4. The Bertz CT molecular complexity index is 909. The standard InChI is InChI=1S/C6H9N3O2.C6H14N2O2.C5H11NO2S.C4H9NO3.C3H7NO2/c7-5(6(10)11)1-4-2-8-3-9-4;7-4-2-1-3-5(8)6(9)10;1-9-3-2-4(6)5(7)8;1-2(6)3(5)4(7)8;1-2(4)3(5)6/h2-3,5H,1,7H2,(H,8,9)(H,10,11);5H,1-4,7-8H2,(H,9,10);4H,2-3,6H2,1H3,(H,7,8);2-3,6H,5H2,1H3,(H,7,8);2H,4H2,1H3,(H,5,6)/t2*5-;4-;2-,3+;2-/m00010/s1. The third-order valence-electron chi connectivity index (χ3n) is 4.74. The van der Waals surface area contributed by atoms with Crippen LogP contribution in [0.15, 0.2) is 12.5 Å². The van der Waals surface area contributed by atoms with E-state index in [4.69, 9.17) is 65.0 Å². The molecule has 0 radical (unpaired) electrons. The molecule has 0 fully saturated rings. The minimum Gasteiger partial charge on any atom is -0.480 e. The van der Waals surface area contributed by atoms with Crippen LogP contribution in [0.25, 0.3) is 0 Å². The predicted molar refractivity (Wildman–Crippen MR) is 164 cm³/mol. The van der Waals surface area contributed by atoms with Crippen molar-refractivity contribution in [3.8, 4) is 0 Å². The highest BCUT2D eigenvalue weighted by atomic mass is 32.2. The van der Waals surface area contributed by atoms with E-state index >= 15 is 0 Å². The molecule has 1 aromatic heterocycles. The van der Waals surface area contributed by atoms with Crippen LogP contribution in [0.2, 0.25) is 0 Å². The summed E-state index contributed by atoms with van der Waals surface area (Å²) in [5.74, 6) is -4.18. The highest BCUT2D eigenvalue weighted by Gasteiger charge is 2.16. The molecule has 19 nitrogen and oxygen atoms in total. The minimum atomic E-state index is -1.18. The Balaban J connectivity index is -0.000000231. The smallest absolute Gasteiger partial charge is 0.323 e. The van der Waals surface area contributed by atoms with Crippen molar-refractivity contribution >= 4 is 41.6 Å². The molecule has 1 aromatic rings. The lowest BCUT2D eigenvalue weighted by Crippen LogP contribution is -2.39. The molecule has 20 heteroatoms. The number of carbonyl (C=O) groups is 5. The van der Waals surface area contributed by atoms with Crippen molar-refractivity contribution < 1.29 is 54.6 Å². The van der Waals surface area contributed by atoms with Gasteiger partial charge in [-0.1, -0.05) is 6.42 Å². The number of nitrogens with zero attached hydrogens (tertiary/aromatic N) is 1. The number of imidazole rings is 1. The number of thioether (sulfide) groups is 1. The van der Waals surface area contributed by atoms with Gasteiger partial charge in [0.2, 0.25) is 0 Å². The van der Waals surface area contributed by atoms with Crippen LogP contribution in [0.4, 0.5) is 0 Å². The summed E-state index contributed by atoms with van der Waals surface area (Å²) in [4.78, 5) is 56.4. The summed E-state index contributed by atoms with van der Waals surface area (Å²) in [6.07, 6.45) is 7.00. The highest BCUT2D eigenvalue weighted by molar-refractivity contribution is 7.98. The number of hydrogen-bond acceptors (Lipinski definition) is 14. The van der Waals surface area contributed by atoms with Gasteiger partial charge in [0.1, 0.15) is 30.2 Å². The highest BCUT2D eigenvalue weighted by Crippen LogP contribution is 1.98. The largest absolute Gasteiger partial charge is 0.480 e. The second kappa shape index (κ2) is 29.7. The van der Waals surface area contributed by atoms with E-state index in [0.717, 1.165) is 24.3 Å². The molecule has 1 heterocycles. The number of nitrogens with two attached hydrogens (primary N) is 6. The molecule has 0 saturated heterocycles. The van der Waals surface area contributed by atoms with Crippen LogP contribution in [0.1, 0.15) is 45.2 Å². The third kappa shape index (κ3) is 33.1. The van der Waals surface area contributed by atoms with Gasteiger partial charge >= 0.3 is 29.8 Å². The van der Waals surface area contributed by atoms with Gasteiger partial charge in [-0.2, -0.15) is 11.8 Å². The number of aliphatic carboxylic acids is 5. The van der Waals surface area contributed by atoms with E-state index in [1.165, 1.54) is 20.2 Å². The number of nitrogens with one attached hydrogen (secondary N) is 1. The molecule has 258 valence electrons. The molecule has 0 bridgehead atoms. The summed E-state index contributed by atoms with van der Waals surface area (Å²) in [6.45, 7) is 3.35. The Hall–Kier alpha value is -3.37. The van der Waals surface area contributed by atoms with Gasteiger partial charge in [0.25, 0.3) is 0 Å². The van der Waals surface area contributed by atoms with Crippen LogP contribution in [0, 0.1) is 0 Å². The lowest BCUT2D eigenvalue weighted by atomic mass is 10.1. The van der Waals surface area contributed by atoms with E-state index in [0.29, 0.717) is 19.4 Å². The molecule has 1 rings (SSSR count). The summed E-state index contributed by atoms with van der Waals surface area (Å²) in [6, 6.07) is -4.14. The van der Waals surface area contributed by atoms with Gasteiger partial charge in [-0.3, -0.25) is 24.0 Å². The van der Waals surface area contributed by atoms with Crippen LogP contribution in [-0.2, 0) is 30.4 Å². The average Bonchev–Trinajstić information content (AvgIpc) is 3.45. The van der Waals surface area contributed by atoms with E-state index in [1.807, 2.05) is 6.26 Å². The number of carboxylic acids is 5. The van der Waals surface area contributed by atoms with Crippen molar-refractivity contribution in [2.75, 3.05) is 18.6 Å². The first kappa shape index (κ1) is 47.6. The summed E-state index contributed by atoms with van der Waals surface area (Å²) >= 11 is 1.60. The first-order valence-electron chi connectivity index (χ1n) is 13.0.